The summed E-state index contributed by atoms with van der Waals surface area (Å²) in [5.74, 6) is 1.58. The first-order valence-corrected chi connectivity index (χ1v) is 7.97. The average Bonchev–Trinajstić information content (AvgIpc) is 2.43. The van der Waals surface area contributed by atoms with Gasteiger partial charge in [0, 0.05) is 16.6 Å². The fraction of sp³-hybridized carbons (Fsp3) is 0.625. The second kappa shape index (κ2) is 7.89. The van der Waals surface area contributed by atoms with Crippen LogP contribution in [0.2, 0.25) is 0 Å². The van der Waals surface area contributed by atoms with Crippen LogP contribution in [0.25, 0.3) is 0 Å². The van der Waals surface area contributed by atoms with Crippen LogP contribution in [-0.4, -0.2) is 19.3 Å². The largest absolute Gasteiger partial charge is 0.493 e. The van der Waals surface area contributed by atoms with Gasteiger partial charge in [-0.2, -0.15) is 0 Å². The number of rotatable bonds is 8. The van der Waals surface area contributed by atoms with Crippen molar-refractivity contribution >= 4 is 15.9 Å². The van der Waals surface area contributed by atoms with Crippen LogP contribution in [0.3, 0.4) is 0 Å². The molecule has 0 atom stereocenters. The minimum absolute atomic E-state index is 0.129. The Morgan fingerprint density at radius 3 is 2.45 bits per heavy atom. The van der Waals surface area contributed by atoms with Crippen molar-refractivity contribution in [3.8, 4) is 11.5 Å². The molecule has 114 valence electrons. The summed E-state index contributed by atoms with van der Waals surface area (Å²) in [6.45, 7) is 10.2. The van der Waals surface area contributed by atoms with E-state index in [1.54, 1.807) is 7.11 Å². The quantitative estimate of drug-likeness (QED) is 0.752. The summed E-state index contributed by atoms with van der Waals surface area (Å²) >= 11 is 3.62. The van der Waals surface area contributed by atoms with Gasteiger partial charge in [-0.25, -0.2) is 0 Å². The molecule has 0 aliphatic carbocycles. The predicted molar refractivity (Wildman–Crippen MR) is 87.7 cm³/mol. The summed E-state index contributed by atoms with van der Waals surface area (Å²) in [5.41, 5.74) is 1.30. The number of hydrogen-bond acceptors (Lipinski definition) is 3. The summed E-state index contributed by atoms with van der Waals surface area (Å²) in [4.78, 5) is 0. The third-order valence-electron chi connectivity index (χ3n) is 3.44. The Morgan fingerprint density at radius 1 is 1.20 bits per heavy atom. The lowest BCUT2D eigenvalue weighted by Gasteiger charge is -2.25. The summed E-state index contributed by atoms with van der Waals surface area (Å²) in [6.07, 6.45) is 2.06. The van der Waals surface area contributed by atoms with Crippen molar-refractivity contribution in [2.75, 3.05) is 13.7 Å². The van der Waals surface area contributed by atoms with E-state index in [4.69, 9.17) is 9.47 Å². The van der Waals surface area contributed by atoms with E-state index in [9.17, 15) is 0 Å². The van der Waals surface area contributed by atoms with Crippen molar-refractivity contribution in [2.45, 2.75) is 52.6 Å². The van der Waals surface area contributed by atoms with E-state index in [2.05, 4.69) is 48.9 Å². The van der Waals surface area contributed by atoms with Gasteiger partial charge in [0.05, 0.1) is 13.7 Å². The third kappa shape index (κ3) is 4.98. The number of halogens is 1. The molecule has 1 N–H and O–H groups in total. The van der Waals surface area contributed by atoms with Gasteiger partial charge >= 0.3 is 0 Å². The zero-order chi connectivity index (χ0) is 15.2. The summed E-state index contributed by atoms with van der Waals surface area (Å²) in [7, 11) is 1.68. The molecule has 1 aromatic carbocycles. The molecular weight excluding hydrogens is 318 g/mol. The molecule has 1 rings (SSSR count). The minimum atomic E-state index is 0.129. The molecule has 0 saturated heterocycles. The summed E-state index contributed by atoms with van der Waals surface area (Å²) < 4.78 is 12.2. The maximum atomic E-state index is 5.70. The number of methoxy groups -OCH3 is 1. The third-order valence-corrected chi connectivity index (χ3v) is 4.17. The van der Waals surface area contributed by atoms with E-state index in [0.29, 0.717) is 6.61 Å². The van der Waals surface area contributed by atoms with E-state index >= 15 is 0 Å². The maximum Gasteiger partial charge on any atom is 0.162 e. The molecule has 0 heterocycles. The standard InChI is InChI=1S/C16H26BrNO2/c1-6-8-20-15-10-13(17)12(9-14(15)19-5)11-18-16(3,4)7-2/h9-10,18H,6-8,11H2,1-5H3. The average molecular weight is 344 g/mol. The van der Waals surface area contributed by atoms with Crippen LogP contribution in [0.4, 0.5) is 0 Å². The molecule has 0 aromatic heterocycles. The van der Waals surface area contributed by atoms with Crippen LogP contribution >= 0.6 is 15.9 Å². The SMILES string of the molecule is CCCOc1cc(Br)c(CNC(C)(C)CC)cc1OC. The molecule has 4 heteroatoms. The van der Waals surface area contributed by atoms with Crippen molar-refractivity contribution in [2.24, 2.45) is 0 Å². The Labute approximate surface area is 131 Å². The Bertz CT molecular complexity index is 433. The van der Waals surface area contributed by atoms with Gasteiger partial charge in [0.1, 0.15) is 0 Å². The molecule has 0 aliphatic heterocycles. The highest BCUT2D eigenvalue weighted by Gasteiger charge is 2.16. The van der Waals surface area contributed by atoms with Crippen molar-refractivity contribution in [1.29, 1.82) is 0 Å². The Balaban J connectivity index is 2.87. The predicted octanol–water partition coefficient (Wildman–Crippen LogP) is 4.52. The molecule has 0 fully saturated rings. The van der Waals surface area contributed by atoms with Crippen molar-refractivity contribution in [3.63, 3.8) is 0 Å². The molecule has 0 radical (unpaired) electrons. The number of hydrogen-bond donors (Lipinski definition) is 1. The fourth-order valence-electron chi connectivity index (χ4n) is 1.66. The summed E-state index contributed by atoms with van der Waals surface area (Å²) in [6, 6.07) is 4.03. The van der Waals surface area contributed by atoms with Gasteiger partial charge in [0.2, 0.25) is 0 Å². The lowest BCUT2D eigenvalue weighted by molar-refractivity contribution is 0.293. The van der Waals surface area contributed by atoms with E-state index < -0.39 is 0 Å². The number of nitrogens with one attached hydrogen (secondary N) is 1. The van der Waals surface area contributed by atoms with Gasteiger partial charge < -0.3 is 14.8 Å². The highest BCUT2D eigenvalue weighted by Crippen LogP contribution is 2.34. The first-order chi connectivity index (χ1) is 9.43. The second-order valence-corrected chi connectivity index (χ2v) is 6.39. The monoisotopic (exact) mass is 343 g/mol. The van der Waals surface area contributed by atoms with Crippen molar-refractivity contribution in [1.82, 2.24) is 5.32 Å². The van der Waals surface area contributed by atoms with Crippen molar-refractivity contribution in [3.05, 3.63) is 22.2 Å². The van der Waals surface area contributed by atoms with Gasteiger partial charge in [0.25, 0.3) is 0 Å². The molecule has 0 saturated carbocycles. The minimum Gasteiger partial charge on any atom is -0.493 e. The number of ether oxygens (including phenoxy) is 2. The second-order valence-electron chi connectivity index (χ2n) is 5.53. The van der Waals surface area contributed by atoms with Crippen molar-refractivity contribution < 1.29 is 9.47 Å². The first kappa shape index (κ1) is 17.3. The molecule has 3 nitrogen and oxygen atoms in total. The van der Waals surface area contributed by atoms with E-state index in [1.165, 1.54) is 5.56 Å². The van der Waals surface area contributed by atoms with E-state index in [-0.39, 0.29) is 5.54 Å². The molecule has 1 aromatic rings. The van der Waals surface area contributed by atoms with Crippen LogP contribution in [0.1, 0.15) is 46.1 Å². The molecule has 0 spiro atoms. The normalized spacial score (nSPS) is 11.5. The van der Waals surface area contributed by atoms with Gasteiger partial charge in [-0.05, 0) is 44.4 Å². The molecule has 0 bridgehead atoms. The van der Waals surface area contributed by atoms with Crippen LogP contribution in [0.5, 0.6) is 11.5 Å². The Kier molecular flexibility index (Phi) is 6.83. The zero-order valence-electron chi connectivity index (χ0n) is 13.2. The van der Waals surface area contributed by atoms with Crippen LogP contribution in [0, 0.1) is 0 Å². The first-order valence-electron chi connectivity index (χ1n) is 7.17. The van der Waals surface area contributed by atoms with E-state index in [1.807, 2.05) is 12.1 Å². The van der Waals surface area contributed by atoms with Gasteiger partial charge in [-0.15, -0.1) is 0 Å². The summed E-state index contributed by atoms with van der Waals surface area (Å²) in [5, 5.41) is 3.55. The Hall–Kier alpha value is -0.740. The molecule has 0 aliphatic rings. The smallest absolute Gasteiger partial charge is 0.162 e. The van der Waals surface area contributed by atoms with Gasteiger partial charge in [-0.1, -0.05) is 29.8 Å². The van der Waals surface area contributed by atoms with E-state index in [0.717, 1.165) is 35.4 Å². The maximum absolute atomic E-state index is 5.70. The molecular formula is C16H26BrNO2. The fourth-order valence-corrected chi connectivity index (χ4v) is 2.12. The van der Waals surface area contributed by atoms with Crippen LogP contribution in [-0.2, 0) is 6.54 Å². The highest BCUT2D eigenvalue weighted by atomic mass is 79.9. The molecule has 20 heavy (non-hydrogen) atoms. The lowest BCUT2D eigenvalue weighted by atomic mass is 10.0. The zero-order valence-corrected chi connectivity index (χ0v) is 14.8. The van der Waals surface area contributed by atoms with Gasteiger partial charge in [0.15, 0.2) is 11.5 Å². The van der Waals surface area contributed by atoms with Crippen LogP contribution < -0.4 is 14.8 Å². The lowest BCUT2D eigenvalue weighted by Crippen LogP contribution is -2.37. The van der Waals surface area contributed by atoms with Gasteiger partial charge in [-0.3, -0.25) is 0 Å². The topological polar surface area (TPSA) is 30.5 Å². The number of benzene rings is 1. The Morgan fingerprint density at radius 2 is 1.90 bits per heavy atom. The highest BCUT2D eigenvalue weighted by molar-refractivity contribution is 9.10. The van der Waals surface area contributed by atoms with Crippen LogP contribution in [0.15, 0.2) is 16.6 Å². The molecule has 0 amide bonds. The molecule has 0 unspecified atom stereocenters.